The van der Waals surface area contributed by atoms with Gasteiger partial charge in [0.15, 0.2) is 9.84 Å². The first-order valence-electron chi connectivity index (χ1n) is 9.88. The van der Waals surface area contributed by atoms with Crippen LogP contribution in [0.1, 0.15) is 59.3 Å². The largest absolute Gasteiger partial charge is 0.354 e. The van der Waals surface area contributed by atoms with Crippen LogP contribution >= 0.6 is 0 Å². The van der Waals surface area contributed by atoms with Gasteiger partial charge in [-0.15, -0.1) is 0 Å². The van der Waals surface area contributed by atoms with E-state index in [9.17, 15) is 22.8 Å². The Hall–Kier alpha value is -1.90. The van der Waals surface area contributed by atoms with Crippen LogP contribution in [0.15, 0.2) is 11.6 Å². The minimum Gasteiger partial charge on any atom is -0.354 e. The molecule has 0 saturated carbocycles. The van der Waals surface area contributed by atoms with E-state index >= 15 is 0 Å². The van der Waals surface area contributed by atoms with Gasteiger partial charge >= 0.3 is 0 Å². The van der Waals surface area contributed by atoms with Gasteiger partial charge in [0, 0.05) is 6.54 Å². The molecule has 0 aromatic heterocycles. The molecule has 0 radical (unpaired) electrons. The summed E-state index contributed by atoms with van der Waals surface area (Å²) in [6.07, 6.45) is 7.50. The molecule has 2 saturated heterocycles. The summed E-state index contributed by atoms with van der Waals surface area (Å²) >= 11 is 0. The second-order valence-electron chi connectivity index (χ2n) is 8.39. The highest BCUT2D eigenvalue weighted by Gasteiger charge is 2.67. The lowest BCUT2D eigenvalue weighted by Gasteiger charge is -2.37. The lowest BCUT2D eigenvalue weighted by molar-refractivity contribution is -0.150. The third-order valence-corrected chi connectivity index (χ3v) is 8.91. The van der Waals surface area contributed by atoms with E-state index in [0.717, 1.165) is 24.2 Å². The molecule has 3 atom stereocenters. The molecule has 28 heavy (non-hydrogen) atoms. The highest BCUT2D eigenvalue weighted by atomic mass is 32.2. The van der Waals surface area contributed by atoms with Gasteiger partial charge in [0.25, 0.3) is 0 Å². The molecule has 3 aliphatic rings. The van der Waals surface area contributed by atoms with Crippen LogP contribution in [0.2, 0.25) is 0 Å². The van der Waals surface area contributed by atoms with E-state index in [1.165, 1.54) is 32.3 Å². The predicted molar refractivity (Wildman–Crippen MR) is 104 cm³/mol. The molecule has 3 amide bonds. The number of hydrogen-bond donors (Lipinski definition) is 2. The highest BCUT2D eigenvalue weighted by molar-refractivity contribution is 7.93. The van der Waals surface area contributed by atoms with Crippen molar-refractivity contribution in [2.75, 3.05) is 6.54 Å². The first kappa shape index (κ1) is 20.8. The molecule has 3 rings (SSSR count). The first-order chi connectivity index (χ1) is 13.1. The monoisotopic (exact) mass is 411 g/mol. The number of β-lactam (4-membered cyclic amide) rings is 1. The minimum absolute atomic E-state index is 0.0819. The summed E-state index contributed by atoms with van der Waals surface area (Å²) in [7, 11) is -3.64. The van der Waals surface area contributed by atoms with Crippen LogP contribution in [0.4, 0.5) is 0 Å². The molecular weight excluding hydrogens is 382 g/mol. The number of amides is 3. The summed E-state index contributed by atoms with van der Waals surface area (Å²) in [4.78, 5) is 38.1. The van der Waals surface area contributed by atoms with E-state index in [2.05, 4.69) is 16.7 Å². The van der Waals surface area contributed by atoms with Crippen molar-refractivity contribution in [3.05, 3.63) is 11.6 Å². The van der Waals surface area contributed by atoms with Crippen LogP contribution in [0.25, 0.3) is 0 Å². The van der Waals surface area contributed by atoms with Gasteiger partial charge in [0.1, 0.15) is 17.5 Å². The van der Waals surface area contributed by atoms with E-state index < -0.39 is 37.9 Å². The lowest BCUT2D eigenvalue weighted by atomic mass is 9.97. The Labute approximate surface area is 166 Å². The molecule has 0 bridgehead atoms. The quantitative estimate of drug-likeness (QED) is 0.492. The van der Waals surface area contributed by atoms with Crippen LogP contribution in [0, 0.1) is 0 Å². The zero-order valence-electron chi connectivity index (χ0n) is 16.7. The molecule has 2 heterocycles. The van der Waals surface area contributed by atoms with Crippen molar-refractivity contribution in [3.8, 4) is 0 Å². The Kier molecular flexibility index (Phi) is 5.58. The Morgan fingerprint density at radius 2 is 2.04 bits per heavy atom. The van der Waals surface area contributed by atoms with Crippen molar-refractivity contribution in [1.29, 1.82) is 0 Å². The number of allylic oxidation sites excluding steroid dienone is 1. The molecule has 2 N–H and O–H groups in total. The maximum Gasteiger partial charge on any atom is 0.245 e. The van der Waals surface area contributed by atoms with Crippen LogP contribution in [0.5, 0.6) is 0 Å². The van der Waals surface area contributed by atoms with E-state index in [0.29, 0.717) is 6.54 Å². The summed E-state index contributed by atoms with van der Waals surface area (Å²) < 4.78 is 23.8. The maximum absolute atomic E-state index is 12.8. The smallest absolute Gasteiger partial charge is 0.245 e. The maximum atomic E-state index is 12.8. The number of carbonyl (C=O) groups is 3. The van der Waals surface area contributed by atoms with Crippen molar-refractivity contribution >= 4 is 27.6 Å². The molecule has 2 aliphatic heterocycles. The fraction of sp³-hybridized carbons (Fsp3) is 0.737. The molecular formula is C19H29N3O5S. The number of nitrogens with one attached hydrogen (secondary N) is 2. The first-order valence-corrected chi connectivity index (χ1v) is 11.4. The van der Waals surface area contributed by atoms with Crippen molar-refractivity contribution in [3.63, 3.8) is 0 Å². The molecule has 156 valence electrons. The van der Waals surface area contributed by atoms with Crippen LogP contribution in [-0.2, 0) is 24.2 Å². The molecule has 8 nitrogen and oxygen atoms in total. The highest BCUT2D eigenvalue weighted by Crippen LogP contribution is 2.45. The van der Waals surface area contributed by atoms with Crippen LogP contribution in [0.3, 0.4) is 0 Å². The van der Waals surface area contributed by atoms with E-state index in [4.69, 9.17) is 0 Å². The number of hydrogen-bond acceptors (Lipinski definition) is 5. The zero-order chi connectivity index (χ0) is 20.7. The minimum atomic E-state index is -3.64. The topological polar surface area (TPSA) is 113 Å². The van der Waals surface area contributed by atoms with Crippen LogP contribution in [-0.4, -0.2) is 59.8 Å². The third kappa shape index (κ3) is 3.44. The van der Waals surface area contributed by atoms with E-state index in [-0.39, 0.29) is 18.2 Å². The number of nitrogens with zero attached hydrogens (tertiary/aromatic N) is 1. The number of sulfone groups is 1. The average molecular weight is 412 g/mol. The second-order valence-corrected chi connectivity index (χ2v) is 11.1. The average Bonchev–Trinajstić information content (AvgIpc) is 2.76. The standard InChI is InChI=1S/C19H29N3O5S/c1-12(17(24)20-10-9-13-7-5-4-6-8-13)21-18(25)16-19(2,3)28(26,27)15-11-14(23)22(15)16/h7,12,15-16H,4-6,8-11H2,1-3H3,(H,20,24)(H,21,25). The summed E-state index contributed by atoms with van der Waals surface area (Å²) in [5, 5.41) is 4.47. The Bertz CT molecular complexity index is 817. The Balaban J connectivity index is 1.57. The second kappa shape index (κ2) is 7.50. The molecule has 9 heteroatoms. The van der Waals surface area contributed by atoms with Gasteiger partial charge in [-0.1, -0.05) is 11.6 Å². The van der Waals surface area contributed by atoms with Crippen molar-refractivity contribution in [2.24, 2.45) is 0 Å². The summed E-state index contributed by atoms with van der Waals surface area (Å²) in [5.74, 6) is -1.28. The van der Waals surface area contributed by atoms with Gasteiger partial charge in [0.05, 0.1) is 11.2 Å². The fourth-order valence-electron chi connectivity index (χ4n) is 4.24. The van der Waals surface area contributed by atoms with Gasteiger partial charge in [-0.2, -0.15) is 0 Å². The molecule has 0 aromatic carbocycles. The Morgan fingerprint density at radius 3 is 2.64 bits per heavy atom. The summed E-state index contributed by atoms with van der Waals surface area (Å²) in [6.45, 7) is 4.97. The van der Waals surface area contributed by atoms with Crippen LogP contribution < -0.4 is 10.6 Å². The third-order valence-electron chi connectivity index (χ3n) is 6.11. The lowest BCUT2D eigenvalue weighted by Crippen LogP contribution is -2.61. The normalized spacial score (nSPS) is 28.6. The number of carbonyl (C=O) groups excluding carboxylic acids is 3. The SMILES string of the molecule is CC(NC(=O)C1N2C(=O)CC2S(=O)(=O)C1(C)C)C(=O)NCCC1=CCCCC1. The Morgan fingerprint density at radius 1 is 1.32 bits per heavy atom. The number of fused-ring (bicyclic) bond motifs is 1. The predicted octanol–water partition coefficient (Wildman–Crippen LogP) is 0.632. The van der Waals surface area contributed by atoms with Crippen molar-refractivity contribution in [1.82, 2.24) is 15.5 Å². The zero-order valence-corrected chi connectivity index (χ0v) is 17.5. The molecule has 0 aromatic rings. The van der Waals surface area contributed by atoms with E-state index in [1.54, 1.807) is 6.92 Å². The summed E-state index contributed by atoms with van der Waals surface area (Å²) in [5.41, 5.74) is 1.35. The van der Waals surface area contributed by atoms with Gasteiger partial charge in [-0.25, -0.2) is 8.42 Å². The van der Waals surface area contributed by atoms with Gasteiger partial charge in [-0.05, 0) is 52.9 Å². The molecule has 3 unspecified atom stereocenters. The van der Waals surface area contributed by atoms with Gasteiger partial charge in [-0.3, -0.25) is 14.4 Å². The molecule has 1 aliphatic carbocycles. The van der Waals surface area contributed by atoms with Crippen molar-refractivity contribution in [2.45, 2.75) is 81.5 Å². The molecule has 2 fully saturated rings. The summed E-state index contributed by atoms with van der Waals surface area (Å²) in [6, 6.07) is -1.94. The van der Waals surface area contributed by atoms with E-state index in [1.807, 2.05) is 0 Å². The molecule has 0 spiro atoms. The van der Waals surface area contributed by atoms with Crippen molar-refractivity contribution < 1.29 is 22.8 Å². The van der Waals surface area contributed by atoms with Gasteiger partial charge < -0.3 is 15.5 Å². The number of rotatable bonds is 6. The fourth-order valence-corrected chi connectivity index (χ4v) is 6.38. The van der Waals surface area contributed by atoms with Gasteiger partial charge in [0.2, 0.25) is 17.7 Å².